The van der Waals surface area contributed by atoms with Crippen molar-refractivity contribution in [2.24, 2.45) is 5.73 Å². The highest BCUT2D eigenvalue weighted by Crippen LogP contribution is 2.11. The summed E-state index contributed by atoms with van der Waals surface area (Å²) in [5.41, 5.74) is 5.44. The smallest absolute Gasteiger partial charge is 0.248 e. The molecule has 0 aliphatic carbocycles. The normalized spacial score (nSPS) is 9.23. The number of carbonyl (C=O) groups excluding carboxylic acids is 2. The largest absolute Gasteiger partial charge is 0.486 e. The average molecular weight is 179 g/mol. The van der Waals surface area contributed by atoms with E-state index >= 15 is 0 Å². The zero-order chi connectivity index (χ0) is 9.68. The number of hydrogen-bond acceptors (Lipinski definition) is 3. The lowest BCUT2D eigenvalue weighted by Crippen LogP contribution is -2.10. The van der Waals surface area contributed by atoms with E-state index in [-0.39, 0.29) is 6.61 Å². The molecule has 4 heteroatoms. The SMILES string of the molecule is NC(=O)c1ccc(OCC=O)cc1. The van der Waals surface area contributed by atoms with Gasteiger partial charge in [0.25, 0.3) is 0 Å². The molecule has 0 saturated heterocycles. The fourth-order valence-corrected chi connectivity index (χ4v) is 0.846. The van der Waals surface area contributed by atoms with E-state index in [2.05, 4.69) is 0 Å². The predicted molar refractivity (Wildman–Crippen MR) is 46.5 cm³/mol. The molecule has 0 saturated carbocycles. The van der Waals surface area contributed by atoms with Crippen LogP contribution in [0.3, 0.4) is 0 Å². The molecule has 0 fully saturated rings. The summed E-state index contributed by atoms with van der Waals surface area (Å²) in [4.78, 5) is 20.6. The topological polar surface area (TPSA) is 69.4 Å². The van der Waals surface area contributed by atoms with Crippen molar-refractivity contribution in [3.63, 3.8) is 0 Å². The first-order valence-corrected chi connectivity index (χ1v) is 3.70. The number of hydrogen-bond donors (Lipinski definition) is 1. The van der Waals surface area contributed by atoms with Crippen molar-refractivity contribution in [3.8, 4) is 5.75 Å². The second kappa shape index (κ2) is 4.25. The molecule has 0 aliphatic rings. The third-order valence-electron chi connectivity index (χ3n) is 1.46. The van der Waals surface area contributed by atoms with Crippen LogP contribution < -0.4 is 10.5 Å². The van der Waals surface area contributed by atoms with Crippen LogP contribution in [0.4, 0.5) is 0 Å². The molecule has 2 N–H and O–H groups in total. The summed E-state index contributed by atoms with van der Waals surface area (Å²) in [5, 5.41) is 0. The Hall–Kier alpha value is -1.84. The van der Waals surface area contributed by atoms with Crippen LogP contribution >= 0.6 is 0 Å². The second-order valence-corrected chi connectivity index (χ2v) is 2.37. The molecule has 0 aromatic heterocycles. The molecule has 0 heterocycles. The lowest BCUT2D eigenvalue weighted by Gasteiger charge is -2.01. The van der Waals surface area contributed by atoms with E-state index in [4.69, 9.17) is 10.5 Å². The van der Waals surface area contributed by atoms with E-state index in [9.17, 15) is 9.59 Å². The highest BCUT2D eigenvalue weighted by molar-refractivity contribution is 5.92. The second-order valence-electron chi connectivity index (χ2n) is 2.37. The lowest BCUT2D eigenvalue weighted by atomic mass is 10.2. The van der Waals surface area contributed by atoms with Crippen molar-refractivity contribution in [3.05, 3.63) is 29.8 Å². The maximum absolute atomic E-state index is 10.7. The Kier molecular flexibility index (Phi) is 3.03. The monoisotopic (exact) mass is 179 g/mol. The van der Waals surface area contributed by atoms with Crippen LogP contribution in [0.5, 0.6) is 5.75 Å². The van der Waals surface area contributed by atoms with E-state index in [1.165, 1.54) is 0 Å². The molecule has 0 bridgehead atoms. The minimum absolute atomic E-state index is 0.00984. The van der Waals surface area contributed by atoms with Crippen LogP contribution in [0.2, 0.25) is 0 Å². The number of benzene rings is 1. The van der Waals surface area contributed by atoms with Gasteiger partial charge in [-0.25, -0.2) is 0 Å². The molecule has 0 atom stereocenters. The maximum Gasteiger partial charge on any atom is 0.248 e. The van der Waals surface area contributed by atoms with Gasteiger partial charge in [-0.1, -0.05) is 0 Å². The highest BCUT2D eigenvalue weighted by atomic mass is 16.5. The third-order valence-corrected chi connectivity index (χ3v) is 1.46. The van der Waals surface area contributed by atoms with Gasteiger partial charge in [0.2, 0.25) is 5.91 Å². The third kappa shape index (κ3) is 2.59. The van der Waals surface area contributed by atoms with Gasteiger partial charge in [-0.2, -0.15) is 0 Å². The lowest BCUT2D eigenvalue weighted by molar-refractivity contribution is -0.109. The Labute approximate surface area is 75.3 Å². The predicted octanol–water partition coefficient (Wildman–Crippen LogP) is 0.363. The summed E-state index contributed by atoms with van der Waals surface area (Å²) >= 11 is 0. The van der Waals surface area contributed by atoms with Gasteiger partial charge < -0.3 is 10.5 Å². The molecule has 0 radical (unpaired) electrons. The van der Waals surface area contributed by atoms with Gasteiger partial charge in [0.05, 0.1) is 0 Å². The molecule has 1 amide bonds. The van der Waals surface area contributed by atoms with Crippen LogP contribution in [0.25, 0.3) is 0 Å². The maximum atomic E-state index is 10.7. The molecular weight excluding hydrogens is 170 g/mol. The van der Waals surface area contributed by atoms with E-state index in [1.807, 2.05) is 0 Å². The summed E-state index contributed by atoms with van der Waals surface area (Å²) < 4.78 is 4.97. The number of rotatable bonds is 4. The molecular formula is C9H9NO3. The Balaban J connectivity index is 2.69. The molecule has 1 aromatic carbocycles. The van der Waals surface area contributed by atoms with Crippen LogP contribution in [0.1, 0.15) is 10.4 Å². The number of ether oxygens (including phenoxy) is 1. The van der Waals surface area contributed by atoms with Crippen LogP contribution in [-0.4, -0.2) is 18.8 Å². The summed E-state index contributed by atoms with van der Waals surface area (Å²) in [5.74, 6) is 0.0547. The van der Waals surface area contributed by atoms with E-state index in [1.54, 1.807) is 24.3 Å². The highest BCUT2D eigenvalue weighted by Gasteiger charge is 1.99. The summed E-state index contributed by atoms with van der Waals surface area (Å²) in [6.07, 6.45) is 0.655. The van der Waals surface area contributed by atoms with Gasteiger partial charge in [0.1, 0.15) is 12.4 Å². The van der Waals surface area contributed by atoms with Crippen molar-refractivity contribution < 1.29 is 14.3 Å². The standard InChI is InChI=1S/C9H9NO3/c10-9(12)7-1-3-8(4-2-7)13-6-5-11/h1-5H,6H2,(H2,10,12). The molecule has 1 aromatic rings. The van der Waals surface area contributed by atoms with Crippen molar-refractivity contribution in [1.82, 2.24) is 0 Å². The van der Waals surface area contributed by atoms with Crippen LogP contribution in [0.15, 0.2) is 24.3 Å². The molecule has 0 spiro atoms. The molecule has 4 nitrogen and oxygen atoms in total. The molecule has 0 aliphatic heterocycles. The summed E-state index contributed by atoms with van der Waals surface area (Å²) in [6, 6.07) is 6.26. The summed E-state index contributed by atoms with van der Waals surface area (Å²) in [7, 11) is 0. The first-order valence-electron chi connectivity index (χ1n) is 3.70. The van der Waals surface area contributed by atoms with Gasteiger partial charge in [0, 0.05) is 5.56 Å². The fraction of sp³-hybridized carbons (Fsp3) is 0.111. The number of primary amides is 1. The van der Waals surface area contributed by atoms with Crippen LogP contribution in [-0.2, 0) is 4.79 Å². The van der Waals surface area contributed by atoms with Crippen molar-refractivity contribution in [2.45, 2.75) is 0 Å². The van der Waals surface area contributed by atoms with Crippen molar-refractivity contribution >= 4 is 12.2 Å². The van der Waals surface area contributed by atoms with Gasteiger partial charge >= 0.3 is 0 Å². The van der Waals surface area contributed by atoms with E-state index in [0.29, 0.717) is 17.6 Å². The number of carbonyl (C=O) groups is 2. The van der Waals surface area contributed by atoms with Crippen molar-refractivity contribution in [2.75, 3.05) is 6.61 Å². The minimum atomic E-state index is -0.484. The molecule has 68 valence electrons. The van der Waals surface area contributed by atoms with Gasteiger partial charge in [-0.05, 0) is 24.3 Å². The van der Waals surface area contributed by atoms with E-state index in [0.717, 1.165) is 0 Å². The Morgan fingerprint density at radius 3 is 2.46 bits per heavy atom. The summed E-state index contributed by atoms with van der Waals surface area (Å²) in [6.45, 7) is 0.00984. The zero-order valence-corrected chi connectivity index (χ0v) is 6.90. The molecule has 0 unspecified atom stereocenters. The Morgan fingerprint density at radius 1 is 1.38 bits per heavy atom. The number of amides is 1. The Bertz CT molecular complexity index is 305. The van der Waals surface area contributed by atoms with Gasteiger partial charge in [0.15, 0.2) is 6.29 Å². The van der Waals surface area contributed by atoms with Crippen molar-refractivity contribution in [1.29, 1.82) is 0 Å². The van der Waals surface area contributed by atoms with Gasteiger partial charge in [-0.15, -0.1) is 0 Å². The first kappa shape index (κ1) is 9.25. The molecule has 1 rings (SSSR count). The molecule has 13 heavy (non-hydrogen) atoms. The average Bonchev–Trinajstić information content (AvgIpc) is 2.15. The number of aldehydes is 1. The van der Waals surface area contributed by atoms with E-state index < -0.39 is 5.91 Å². The minimum Gasteiger partial charge on any atom is -0.486 e. The first-order chi connectivity index (χ1) is 6.24. The van der Waals surface area contributed by atoms with Gasteiger partial charge in [-0.3, -0.25) is 9.59 Å². The van der Waals surface area contributed by atoms with Crippen LogP contribution in [0, 0.1) is 0 Å². The number of nitrogens with two attached hydrogens (primary N) is 1. The quantitative estimate of drug-likeness (QED) is 0.678. The Morgan fingerprint density at radius 2 is 2.00 bits per heavy atom. The zero-order valence-electron chi connectivity index (χ0n) is 6.90. The fourth-order valence-electron chi connectivity index (χ4n) is 0.846.